The monoisotopic (exact) mass is 538 g/mol. The van der Waals surface area contributed by atoms with Crippen molar-refractivity contribution in [1.29, 1.82) is 0 Å². The SMILES string of the molecule is CCC(CNC(=NC)NCC1CCN(CCOC)CC1)Oc1ccccc1Cl.I. The van der Waals surface area contributed by atoms with Crippen LogP contribution in [0, 0.1) is 5.92 Å². The van der Waals surface area contributed by atoms with Crippen LogP contribution in [0.1, 0.15) is 26.2 Å². The van der Waals surface area contributed by atoms with Crippen molar-refractivity contribution in [3.63, 3.8) is 0 Å². The molecule has 1 aromatic carbocycles. The summed E-state index contributed by atoms with van der Waals surface area (Å²) in [5, 5.41) is 7.49. The lowest BCUT2D eigenvalue weighted by molar-refractivity contribution is 0.120. The molecule has 2 rings (SSSR count). The number of rotatable bonds is 10. The third-order valence-corrected chi connectivity index (χ3v) is 5.50. The molecule has 1 aliphatic rings. The van der Waals surface area contributed by atoms with Gasteiger partial charge in [0.2, 0.25) is 0 Å². The van der Waals surface area contributed by atoms with Crippen LogP contribution >= 0.6 is 35.6 Å². The number of benzene rings is 1. The topological polar surface area (TPSA) is 58.1 Å². The first kappa shape index (κ1) is 26.3. The van der Waals surface area contributed by atoms with Crippen molar-refractivity contribution in [2.75, 3.05) is 53.5 Å². The van der Waals surface area contributed by atoms with Crippen molar-refractivity contribution < 1.29 is 9.47 Å². The Morgan fingerprint density at radius 1 is 1.28 bits per heavy atom. The molecule has 0 saturated carbocycles. The molecule has 0 aromatic heterocycles. The van der Waals surface area contributed by atoms with E-state index in [1.807, 2.05) is 24.3 Å². The molecule has 2 N–H and O–H groups in total. The van der Waals surface area contributed by atoms with E-state index in [9.17, 15) is 0 Å². The summed E-state index contributed by atoms with van der Waals surface area (Å²) in [4.78, 5) is 6.82. The highest BCUT2D eigenvalue weighted by Gasteiger charge is 2.19. The second-order valence-electron chi connectivity index (χ2n) is 7.19. The fourth-order valence-electron chi connectivity index (χ4n) is 3.30. The van der Waals surface area contributed by atoms with E-state index in [2.05, 4.69) is 27.4 Å². The van der Waals surface area contributed by atoms with E-state index in [1.54, 1.807) is 14.2 Å². The van der Waals surface area contributed by atoms with Crippen LogP contribution in [0.5, 0.6) is 5.75 Å². The molecule has 1 saturated heterocycles. The molecule has 166 valence electrons. The van der Waals surface area contributed by atoms with Crippen LogP contribution in [0.25, 0.3) is 0 Å². The quantitative estimate of drug-likeness (QED) is 0.271. The van der Waals surface area contributed by atoms with E-state index in [1.165, 1.54) is 12.8 Å². The Bertz CT molecular complexity index is 598. The second kappa shape index (κ2) is 15.1. The number of halogens is 2. The summed E-state index contributed by atoms with van der Waals surface area (Å²) in [6.07, 6.45) is 3.33. The fraction of sp³-hybridized carbons (Fsp3) is 0.667. The average Bonchev–Trinajstić information content (AvgIpc) is 2.73. The third-order valence-electron chi connectivity index (χ3n) is 5.18. The molecule has 0 aliphatic carbocycles. The van der Waals surface area contributed by atoms with E-state index in [4.69, 9.17) is 21.1 Å². The average molecular weight is 539 g/mol. The molecule has 1 aliphatic heterocycles. The summed E-state index contributed by atoms with van der Waals surface area (Å²) in [6, 6.07) is 7.58. The number of aliphatic imine (C=N–C) groups is 1. The van der Waals surface area contributed by atoms with Crippen molar-refractivity contribution in [2.45, 2.75) is 32.3 Å². The highest BCUT2D eigenvalue weighted by Crippen LogP contribution is 2.24. The van der Waals surface area contributed by atoms with E-state index < -0.39 is 0 Å². The molecular formula is C21H36ClIN4O2. The predicted octanol–water partition coefficient (Wildman–Crippen LogP) is 3.64. The summed E-state index contributed by atoms with van der Waals surface area (Å²) in [7, 11) is 3.57. The van der Waals surface area contributed by atoms with Gasteiger partial charge in [0.15, 0.2) is 5.96 Å². The summed E-state index contributed by atoms with van der Waals surface area (Å²) in [6.45, 7) is 7.86. The summed E-state index contributed by atoms with van der Waals surface area (Å²) >= 11 is 6.20. The minimum absolute atomic E-state index is 0. The molecule has 0 bridgehead atoms. The number of hydrogen-bond acceptors (Lipinski definition) is 4. The lowest BCUT2D eigenvalue weighted by atomic mass is 9.97. The minimum Gasteiger partial charge on any atom is -0.487 e. The van der Waals surface area contributed by atoms with Crippen LogP contribution in [0.15, 0.2) is 29.3 Å². The van der Waals surface area contributed by atoms with Crippen LogP contribution in [0.3, 0.4) is 0 Å². The number of methoxy groups -OCH3 is 1. The van der Waals surface area contributed by atoms with Gasteiger partial charge >= 0.3 is 0 Å². The molecule has 1 fully saturated rings. The molecule has 1 atom stereocenters. The van der Waals surface area contributed by atoms with Gasteiger partial charge in [0.1, 0.15) is 11.9 Å². The van der Waals surface area contributed by atoms with Crippen LogP contribution < -0.4 is 15.4 Å². The number of hydrogen-bond donors (Lipinski definition) is 2. The standard InChI is InChI=1S/C21H35ClN4O2.HI/c1-4-18(28-20-8-6-5-7-19(20)22)16-25-21(23-2)24-15-17-9-11-26(12-10-17)13-14-27-3;/h5-8,17-18H,4,9-16H2,1-3H3,(H2,23,24,25);1H. The van der Waals surface area contributed by atoms with Crippen LogP contribution in [0.2, 0.25) is 5.02 Å². The second-order valence-corrected chi connectivity index (χ2v) is 7.60. The van der Waals surface area contributed by atoms with Gasteiger partial charge in [-0.2, -0.15) is 0 Å². The minimum atomic E-state index is 0. The first-order chi connectivity index (χ1) is 13.7. The van der Waals surface area contributed by atoms with Crippen molar-refractivity contribution >= 4 is 41.5 Å². The number of para-hydroxylation sites is 1. The lowest BCUT2D eigenvalue weighted by Gasteiger charge is -2.32. The maximum atomic E-state index is 6.20. The van der Waals surface area contributed by atoms with Gasteiger partial charge in [-0.05, 0) is 50.4 Å². The molecule has 1 heterocycles. The Morgan fingerprint density at radius 3 is 2.62 bits per heavy atom. The van der Waals surface area contributed by atoms with Gasteiger partial charge in [0.05, 0.1) is 18.2 Å². The summed E-state index contributed by atoms with van der Waals surface area (Å²) < 4.78 is 11.2. The van der Waals surface area contributed by atoms with Crippen LogP contribution in [-0.4, -0.2) is 70.5 Å². The third kappa shape index (κ3) is 9.72. The van der Waals surface area contributed by atoms with E-state index in [0.717, 1.165) is 50.9 Å². The van der Waals surface area contributed by atoms with Gasteiger partial charge in [-0.1, -0.05) is 30.7 Å². The zero-order valence-corrected chi connectivity index (χ0v) is 20.9. The molecular weight excluding hydrogens is 503 g/mol. The largest absolute Gasteiger partial charge is 0.487 e. The first-order valence-corrected chi connectivity index (χ1v) is 10.6. The lowest BCUT2D eigenvalue weighted by Crippen LogP contribution is -2.45. The Labute approximate surface area is 197 Å². The van der Waals surface area contributed by atoms with E-state index in [-0.39, 0.29) is 30.1 Å². The Hall–Kier alpha value is -0.770. The van der Waals surface area contributed by atoms with Gasteiger partial charge in [-0.25, -0.2) is 0 Å². The van der Waals surface area contributed by atoms with Crippen LogP contribution in [0.4, 0.5) is 0 Å². The smallest absolute Gasteiger partial charge is 0.191 e. The van der Waals surface area contributed by atoms with Gasteiger partial charge in [-0.15, -0.1) is 24.0 Å². The van der Waals surface area contributed by atoms with Crippen molar-refractivity contribution in [3.8, 4) is 5.75 Å². The Kier molecular flexibility index (Phi) is 13.7. The number of ether oxygens (including phenoxy) is 2. The molecule has 8 heteroatoms. The van der Waals surface area contributed by atoms with Crippen LogP contribution in [-0.2, 0) is 4.74 Å². The molecule has 0 spiro atoms. The number of nitrogens with one attached hydrogen (secondary N) is 2. The molecule has 0 radical (unpaired) electrons. The van der Waals surface area contributed by atoms with Crippen molar-refractivity contribution in [3.05, 3.63) is 29.3 Å². The fourth-order valence-corrected chi connectivity index (χ4v) is 3.48. The van der Waals surface area contributed by atoms with Gasteiger partial charge < -0.3 is 25.0 Å². The van der Waals surface area contributed by atoms with E-state index in [0.29, 0.717) is 17.5 Å². The molecule has 29 heavy (non-hydrogen) atoms. The maximum absolute atomic E-state index is 6.20. The number of piperidine rings is 1. The molecule has 1 aromatic rings. The predicted molar refractivity (Wildman–Crippen MR) is 132 cm³/mol. The maximum Gasteiger partial charge on any atom is 0.191 e. The molecule has 0 amide bonds. The Morgan fingerprint density at radius 2 is 2.00 bits per heavy atom. The first-order valence-electron chi connectivity index (χ1n) is 10.2. The highest BCUT2D eigenvalue weighted by molar-refractivity contribution is 14.0. The summed E-state index contributed by atoms with van der Waals surface area (Å²) in [5.74, 6) is 2.22. The van der Waals surface area contributed by atoms with Gasteiger partial charge in [-0.3, -0.25) is 4.99 Å². The van der Waals surface area contributed by atoms with Crippen molar-refractivity contribution in [1.82, 2.24) is 15.5 Å². The van der Waals surface area contributed by atoms with Crippen molar-refractivity contribution in [2.24, 2.45) is 10.9 Å². The zero-order valence-electron chi connectivity index (χ0n) is 17.8. The molecule has 1 unspecified atom stereocenters. The highest BCUT2D eigenvalue weighted by atomic mass is 127. The normalized spacial score (nSPS) is 16.8. The number of nitrogens with zero attached hydrogens (tertiary/aromatic N) is 2. The number of guanidine groups is 1. The van der Waals surface area contributed by atoms with Gasteiger partial charge in [0.25, 0.3) is 0 Å². The van der Waals surface area contributed by atoms with Gasteiger partial charge in [0, 0.05) is 27.2 Å². The Balaban J connectivity index is 0.00000420. The summed E-state index contributed by atoms with van der Waals surface area (Å²) in [5.41, 5.74) is 0. The zero-order chi connectivity index (χ0) is 20.2. The number of likely N-dealkylation sites (tertiary alicyclic amines) is 1. The van der Waals surface area contributed by atoms with E-state index >= 15 is 0 Å². The molecule has 6 nitrogen and oxygen atoms in total.